The summed E-state index contributed by atoms with van der Waals surface area (Å²) in [5, 5.41) is 22.5. The average Bonchev–Trinajstić information content (AvgIpc) is 2.36. The van der Waals surface area contributed by atoms with Crippen LogP contribution in [0.25, 0.3) is 0 Å². The Morgan fingerprint density at radius 2 is 2.10 bits per heavy atom. The van der Waals surface area contributed by atoms with Crippen LogP contribution in [0.5, 0.6) is 0 Å². The Hall–Kier alpha value is -1.57. The van der Waals surface area contributed by atoms with E-state index in [4.69, 9.17) is 0 Å². The third kappa shape index (κ3) is 5.20. The summed E-state index contributed by atoms with van der Waals surface area (Å²) < 4.78 is 0. The third-order valence-electron chi connectivity index (χ3n) is 2.97. The van der Waals surface area contributed by atoms with Gasteiger partial charge in [-0.2, -0.15) is 5.26 Å². The number of likely N-dealkylation sites (N-methyl/N-ethyl adjacent to an activating group) is 1. The maximum atomic E-state index is 9.88. The fraction of sp³-hybridized carbons (Fsp3) is 0.562. The van der Waals surface area contributed by atoms with Gasteiger partial charge in [0.05, 0.1) is 16.9 Å². The standard InChI is InChI=1S/C16H25N3O/c1-5-8-18-11-13-6-7-15(14(9-13)10-17)19(4)12-16(2,3)20/h6-7,9,18,20H,5,8,11-12H2,1-4H3. The zero-order chi connectivity index (χ0) is 15.2. The molecule has 0 aliphatic carbocycles. The maximum absolute atomic E-state index is 9.88. The van der Waals surface area contributed by atoms with Crippen molar-refractivity contribution in [3.63, 3.8) is 0 Å². The Bertz CT molecular complexity index is 472. The van der Waals surface area contributed by atoms with Crippen molar-refractivity contribution in [2.75, 3.05) is 25.0 Å². The van der Waals surface area contributed by atoms with Crippen molar-refractivity contribution >= 4 is 5.69 Å². The highest BCUT2D eigenvalue weighted by Crippen LogP contribution is 2.22. The van der Waals surface area contributed by atoms with Crippen LogP contribution in [0.4, 0.5) is 5.69 Å². The van der Waals surface area contributed by atoms with Crippen LogP contribution < -0.4 is 10.2 Å². The molecule has 0 aliphatic heterocycles. The molecule has 0 heterocycles. The zero-order valence-electron chi connectivity index (χ0n) is 12.9. The van der Waals surface area contributed by atoms with Crippen molar-refractivity contribution in [2.45, 2.75) is 39.3 Å². The molecule has 20 heavy (non-hydrogen) atoms. The van der Waals surface area contributed by atoms with Gasteiger partial charge >= 0.3 is 0 Å². The molecule has 0 bridgehead atoms. The number of nitriles is 1. The van der Waals surface area contributed by atoms with E-state index in [1.54, 1.807) is 13.8 Å². The molecule has 1 aromatic rings. The van der Waals surface area contributed by atoms with E-state index in [9.17, 15) is 10.4 Å². The van der Waals surface area contributed by atoms with E-state index >= 15 is 0 Å². The molecule has 0 fully saturated rings. The van der Waals surface area contributed by atoms with Crippen LogP contribution in [0, 0.1) is 11.3 Å². The van der Waals surface area contributed by atoms with E-state index in [1.807, 2.05) is 30.1 Å². The summed E-state index contributed by atoms with van der Waals surface area (Å²) in [6, 6.07) is 8.14. The first kappa shape index (κ1) is 16.5. The molecule has 0 amide bonds. The average molecular weight is 275 g/mol. The van der Waals surface area contributed by atoms with Crippen molar-refractivity contribution in [1.29, 1.82) is 5.26 Å². The highest BCUT2D eigenvalue weighted by molar-refractivity contribution is 5.60. The molecule has 4 heteroatoms. The molecule has 1 rings (SSSR count). The van der Waals surface area contributed by atoms with Gasteiger partial charge in [0.25, 0.3) is 0 Å². The Morgan fingerprint density at radius 1 is 1.40 bits per heavy atom. The van der Waals surface area contributed by atoms with Gasteiger partial charge in [-0.05, 0) is 44.5 Å². The van der Waals surface area contributed by atoms with Crippen LogP contribution in [0.2, 0.25) is 0 Å². The smallest absolute Gasteiger partial charge is 0.101 e. The number of hydrogen-bond donors (Lipinski definition) is 2. The van der Waals surface area contributed by atoms with Gasteiger partial charge in [-0.15, -0.1) is 0 Å². The van der Waals surface area contributed by atoms with Gasteiger partial charge in [-0.25, -0.2) is 0 Å². The molecule has 0 saturated carbocycles. The molecule has 1 aromatic carbocycles. The molecule has 0 radical (unpaired) electrons. The van der Waals surface area contributed by atoms with Crippen molar-refractivity contribution in [1.82, 2.24) is 5.32 Å². The SMILES string of the molecule is CCCNCc1ccc(N(C)CC(C)(C)O)c(C#N)c1. The van der Waals surface area contributed by atoms with Gasteiger partial charge in [0.2, 0.25) is 0 Å². The zero-order valence-corrected chi connectivity index (χ0v) is 12.9. The summed E-state index contributed by atoms with van der Waals surface area (Å²) in [6.07, 6.45) is 1.09. The topological polar surface area (TPSA) is 59.3 Å². The number of rotatable bonds is 7. The molecule has 0 unspecified atom stereocenters. The molecular weight excluding hydrogens is 250 g/mol. The predicted octanol–water partition coefficient (Wildman–Crippen LogP) is 2.26. The molecular formula is C16H25N3O. The second-order valence-corrected chi connectivity index (χ2v) is 5.81. The van der Waals surface area contributed by atoms with Gasteiger partial charge in [0.1, 0.15) is 6.07 Å². The van der Waals surface area contributed by atoms with E-state index < -0.39 is 5.60 Å². The van der Waals surface area contributed by atoms with Crippen LogP contribution in [0.1, 0.15) is 38.3 Å². The fourth-order valence-electron chi connectivity index (χ4n) is 2.19. The number of hydrogen-bond acceptors (Lipinski definition) is 4. The first-order chi connectivity index (χ1) is 9.37. The molecule has 110 valence electrons. The molecule has 0 aliphatic rings. The second kappa shape index (κ2) is 7.28. The summed E-state index contributed by atoms with van der Waals surface area (Å²) in [5.74, 6) is 0. The minimum Gasteiger partial charge on any atom is -0.389 e. The van der Waals surface area contributed by atoms with E-state index in [-0.39, 0.29) is 0 Å². The second-order valence-electron chi connectivity index (χ2n) is 5.81. The highest BCUT2D eigenvalue weighted by Gasteiger charge is 2.17. The van der Waals surface area contributed by atoms with E-state index in [0.717, 1.165) is 30.8 Å². The monoisotopic (exact) mass is 275 g/mol. The molecule has 0 spiro atoms. The number of anilines is 1. The first-order valence-corrected chi connectivity index (χ1v) is 7.04. The summed E-state index contributed by atoms with van der Waals surface area (Å²) in [6.45, 7) is 7.88. The van der Waals surface area contributed by atoms with E-state index in [1.165, 1.54) is 0 Å². The first-order valence-electron chi connectivity index (χ1n) is 7.04. The van der Waals surface area contributed by atoms with Gasteiger partial charge in [-0.1, -0.05) is 13.0 Å². The number of aliphatic hydroxyl groups is 1. The Kier molecular flexibility index (Phi) is 6.00. The Labute approximate surface area is 122 Å². The van der Waals surface area contributed by atoms with Gasteiger partial charge in [-0.3, -0.25) is 0 Å². The van der Waals surface area contributed by atoms with E-state index in [0.29, 0.717) is 12.1 Å². The summed E-state index contributed by atoms with van der Waals surface area (Å²) in [7, 11) is 1.89. The lowest BCUT2D eigenvalue weighted by Crippen LogP contribution is -2.36. The Balaban J connectivity index is 2.85. The maximum Gasteiger partial charge on any atom is 0.101 e. The van der Waals surface area contributed by atoms with Crippen molar-refractivity contribution < 1.29 is 5.11 Å². The quantitative estimate of drug-likeness (QED) is 0.749. The summed E-state index contributed by atoms with van der Waals surface area (Å²) in [5.41, 5.74) is 1.82. The van der Waals surface area contributed by atoms with Crippen LogP contribution in [0.3, 0.4) is 0 Å². The van der Waals surface area contributed by atoms with Crippen LogP contribution in [-0.4, -0.2) is 30.8 Å². The minimum atomic E-state index is -0.789. The number of benzene rings is 1. The van der Waals surface area contributed by atoms with Crippen molar-refractivity contribution in [3.8, 4) is 6.07 Å². The third-order valence-corrected chi connectivity index (χ3v) is 2.97. The normalized spacial score (nSPS) is 11.2. The highest BCUT2D eigenvalue weighted by atomic mass is 16.3. The van der Waals surface area contributed by atoms with Crippen LogP contribution in [0.15, 0.2) is 18.2 Å². The van der Waals surface area contributed by atoms with Crippen LogP contribution >= 0.6 is 0 Å². The van der Waals surface area contributed by atoms with Crippen molar-refractivity contribution in [3.05, 3.63) is 29.3 Å². The van der Waals surface area contributed by atoms with Crippen molar-refractivity contribution in [2.24, 2.45) is 0 Å². The van der Waals surface area contributed by atoms with Gasteiger partial charge in [0.15, 0.2) is 0 Å². The lowest BCUT2D eigenvalue weighted by atomic mass is 10.1. The summed E-state index contributed by atoms with van der Waals surface area (Å²) >= 11 is 0. The molecule has 0 atom stereocenters. The molecule has 0 aromatic heterocycles. The number of nitrogens with zero attached hydrogens (tertiary/aromatic N) is 2. The van der Waals surface area contributed by atoms with Gasteiger partial charge < -0.3 is 15.3 Å². The lowest BCUT2D eigenvalue weighted by Gasteiger charge is -2.28. The number of nitrogens with one attached hydrogen (secondary N) is 1. The minimum absolute atomic E-state index is 0.481. The van der Waals surface area contributed by atoms with E-state index in [2.05, 4.69) is 18.3 Å². The fourth-order valence-corrected chi connectivity index (χ4v) is 2.19. The lowest BCUT2D eigenvalue weighted by molar-refractivity contribution is 0.0886. The molecule has 4 nitrogen and oxygen atoms in total. The summed E-state index contributed by atoms with van der Waals surface area (Å²) in [4.78, 5) is 1.92. The van der Waals surface area contributed by atoms with Gasteiger partial charge in [0, 0.05) is 20.1 Å². The molecule has 0 saturated heterocycles. The predicted molar refractivity (Wildman–Crippen MR) is 82.7 cm³/mol. The van der Waals surface area contributed by atoms with Crippen LogP contribution in [-0.2, 0) is 6.54 Å². The molecule has 2 N–H and O–H groups in total. The largest absolute Gasteiger partial charge is 0.389 e. The Morgan fingerprint density at radius 3 is 2.65 bits per heavy atom.